The molecule has 0 aromatic carbocycles. The zero-order chi connectivity index (χ0) is 13.0. The quantitative estimate of drug-likeness (QED) is 0.618. The Bertz CT molecular complexity index is 538. The number of aromatic amines is 1. The van der Waals surface area contributed by atoms with Crippen LogP contribution >= 0.6 is 0 Å². The van der Waals surface area contributed by atoms with Gasteiger partial charge in [0.25, 0.3) is 5.69 Å². The van der Waals surface area contributed by atoms with Gasteiger partial charge in [-0.15, -0.1) is 0 Å². The summed E-state index contributed by atoms with van der Waals surface area (Å²) < 4.78 is 0. The van der Waals surface area contributed by atoms with Crippen LogP contribution < -0.4 is 5.32 Å². The van der Waals surface area contributed by atoms with Crippen LogP contribution in [0.2, 0.25) is 0 Å². The standard InChI is InChI=1S/C11H13N5O2/c1-8-9(16(17)18)2-3-11(15-8)12-5-4-10-13-6-7-14-10/h2-3,6-7H,4-5H2,1H3,(H,12,15)(H,13,14). The van der Waals surface area contributed by atoms with E-state index in [4.69, 9.17) is 0 Å². The molecule has 2 N–H and O–H groups in total. The predicted octanol–water partition coefficient (Wildman–Crippen LogP) is 1.68. The highest BCUT2D eigenvalue weighted by molar-refractivity contribution is 5.44. The van der Waals surface area contributed by atoms with Crippen LogP contribution in [-0.4, -0.2) is 26.4 Å². The summed E-state index contributed by atoms with van der Waals surface area (Å²) in [5, 5.41) is 13.7. The third-order valence-electron chi connectivity index (χ3n) is 2.48. The second-order valence-electron chi connectivity index (χ2n) is 3.77. The molecule has 0 atom stereocenters. The molecule has 0 aliphatic heterocycles. The summed E-state index contributed by atoms with van der Waals surface area (Å²) in [6.07, 6.45) is 4.21. The maximum absolute atomic E-state index is 10.6. The van der Waals surface area contributed by atoms with E-state index in [0.29, 0.717) is 18.1 Å². The predicted molar refractivity (Wildman–Crippen MR) is 66.4 cm³/mol. The smallest absolute Gasteiger partial charge is 0.290 e. The van der Waals surface area contributed by atoms with Crippen LogP contribution in [-0.2, 0) is 6.42 Å². The molecular weight excluding hydrogens is 234 g/mol. The van der Waals surface area contributed by atoms with Gasteiger partial charge in [-0.25, -0.2) is 9.97 Å². The van der Waals surface area contributed by atoms with Crippen molar-refractivity contribution in [3.05, 3.63) is 46.2 Å². The number of imidazole rings is 1. The second-order valence-corrected chi connectivity index (χ2v) is 3.77. The van der Waals surface area contributed by atoms with Crippen molar-refractivity contribution in [2.75, 3.05) is 11.9 Å². The highest BCUT2D eigenvalue weighted by Gasteiger charge is 2.11. The lowest BCUT2D eigenvalue weighted by molar-refractivity contribution is -0.385. The number of pyridine rings is 1. The van der Waals surface area contributed by atoms with Gasteiger partial charge in [-0.1, -0.05) is 0 Å². The summed E-state index contributed by atoms with van der Waals surface area (Å²) >= 11 is 0. The molecule has 0 amide bonds. The zero-order valence-corrected chi connectivity index (χ0v) is 9.88. The fraction of sp³-hybridized carbons (Fsp3) is 0.273. The maximum atomic E-state index is 10.6. The second kappa shape index (κ2) is 5.26. The molecule has 7 heteroatoms. The Morgan fingerprint density at radius 2 is 2.33 bits per heavy atom. The van der Waals surface area contributed by atoms with Gasteiger partial charge in [0, 0.05) is 31.4 Å². The molecule has 0 spiro atoms. The number of anilines is 1. The summed E-state index contributed by atoms with van der Waals surface area (Å²) in [5.41, 5.74) is 0.439. The van der Waals surface area contributed by atoms with Crippen molar-refractivity contribution >= 4 is 11.5 Å². The minimum atomic E-state index is -0.436. The van der Waals surface area contributed by atoms with Crippen LogP contribution in [0.5, 0.6) is 0 Å². The minimum absolute atomic E-state index is 0.0339. The van der Waals surface area contributed by atoms with E-state index < -0.39 is 4.92 Å². The summed E-state index contributed by atoms with van der Waals surface area (Å²) in [7, 11) is 0. The molecule has 0 aliphatic rings. The summed E-state index contributed by atoms with van der Waals surface area (Å²) in [6.45, 7) is 2.29. The summed E-state index contributed by atoms with van der Waals surface area (Å²) in [5.74, 6) is 1.52. The number of nitro groups is 1. The average molecular weight is 247 g/mol. The molecule has 2 heterocycles. The number of nitrogens with one attached hydrogen (secondary N) is 2. The number of aryl methyl sites for hydroxylation is 1. The Kier molecular flexibility index (Phi) is 3.52. The van der Waals surface area contributed by atoms with Gasteiger partial charge < -0.3 is 10.3 Å². The van der Waals surface area contributed by atoms with Crippen molar-refractivity contribution in [2.24, 2.45) is 0 Å². The number of aromatic nitrogens is 3. The SMILES string of the molecule is Cc1nc(NCCc2ncc[nH]2)ccc1[N+](=O)[O-]. The molecule has 0 unspecified atom stereocenters. The van der Waals surface area contributed by atoms with Crippen molar-refractivity contribution in [3.8, 4) is 0 Å². The van der Waals surface area contributed by atoms with Crippen molar-refractivity contribution in [3.63, 3.8) is 0 Å². The van der Waals surface area contributed by atoms with Gasteiger partial charge in [-0.05, 0) is 13.0 Å². The van der Waals surface area contributed by atoms with Gasteiger partial charge in [0.1, 0.15) is 17.3 Å². The molecule has 0 saturated carbocycles. The van der Waals surface area contributed by atoms with Crippen LogP contribution in [0.4, 0.5) is 11.5 Å². The lowest BCUT2D eigenvalue weighted by atomic mass is 10.3. The van der Waals surface area contributed by atoms with E-state index in [-0.39, 0.29) is 5.69 Å². The van der Waals surface area contributed by atoms with E-state index in [9.17, 15) is 10.1 Å². The van der Waals surface area contributed by atoms with E-state index >= 15 is 0 Å². The van der Waals surface area contributed by atoms with Crippen LogP contribution in [0.3, 0.4) is 0 Å². The van der Waals surface area contributed by atoms with Crippen molar-refractivity contribution in [2.45, 2.75) is 13.3 Å². The normalized spacial score (nSPS) is 10.3. The third kappa shape index (κ3) is 2.82. The van der Waals surface area contributed by atoms with Crippen molar-refractivity contribution < 1.29 is 4.92 Å². The topological polar surface area (TPSA) is 96.7 Å². The Hall–Kier alpha value is -2.44. The molecule has 2 rings (SSSR count). The summed E-state index contributed by atoms with van der Waals surface area (Å²) in [6, 6.07) is 3.06. The van der Waals surface area contributed by atoms with Gasteiger partial charge in [0.2, 0.25) is 0 Å². The molecule has 0 radical (unpaired) electrons. The number of H-pyrrole nitrogens is 1. The highest BCUT2D eigenvalue weighted by atomic mass is 16.6. The van der Waals surface area contributed by atoms with E-state index in [1.807, 2.05) is 0 Å². The maximum Gasteiger partial charge on any atom is 0.290 e. The molecule has 2 aromatic heterocycles. The summed E-state index contributed by atoms with van der Waals surface area (Å²) in [4.78, 5) is 21.4. The van der Waals surface area contributed by atoms with Gasteiger partial charge in [0.05, 0.1) is 4.92 Å². The lowest BCUT2D eigenvalue weighted by Crippen LogP contribution is -2.08. The zero-order valence-electron chi connectivity index (χ0n) is 9.88. The van der Waals surface area contributed by atoms with Gasteiger partial charge in [-0.2, -0.15) is 0 Å². The van der Waals surface area contributed by atoms with Gasteiger partial charge in [-0.3, -0.25) is 10.1 Å². The number of rotatable bonds is 5. The Balaban J connectivity index is 1.94. The van der Waals surface area contributed by atoms with E-state index in [2.05, 4.69) is 20.3 Å². The van der Waals surface area contributed by atoms with Crippen LogP contribution in [0.25, 0.3) is 0 Å². The van der Waals surface area contributed by atoms with E-state index in [1.165, 1.54) is 6.07 Å². The third-order valence-corrected chi connectivity index (χ3v) is 2.48. The fourth-order valence-electron chi connectivity index (χ4n) is 1.59. The van der Waals surface area contributed by atoms with Gasteiger partial charge >= 0.3 is 0 Å². The average Bonchev–Trinajstić information content (AvgIpc) is 2.81. The number of hydrogen-bond acceptors (Lipinski definition) is 5. The largest absolute Gasteiger partial charge is 0.370 e. The van der Waals surface area contributed by atoms with Crippen molar-refractivity contribution in [1.29, 1.82) is 0 Å². The molecule has 94 valence electrons. The molecule has 0 bridgehead atoms. The minimum Gasteiger partial charge on any atom is -0.370 e. The van der Waals surface area contributed by atoms with E-state index in [0.717, 1.165) is 12.2 Å². The first-order chi connectivity index (χ1) is 8.66. The first kappa shape index (κ1) is 12.0. The lowest BCUT2D eigenvalue weighted by Gasteiger charge is -2.05. The first-order valence-electron chi connectivity index (χ1n) is 5.51. The Labute approximate surface area is 103 Å². The van der Waals surface area contributed by atoms with Crippen molar-refractivity contribution in [1.82, 2.24) is 15.0 Å². The van der Waals surface area contributed by atoms with Gasteiger partial charge in [0.15, 0.2) is 0 Å². The Morgan fingerprint density at radius 3 is 2.94 bits per heavy atom. The molecule has 7 nitrogen and oxygen atoms in total. The Morgan fingerprint density at radius 1 is 1.50 bits per heavy atom. The molecule has 2 aromatic rings. The molecule has 18 heavy (non-hydrogen) atoms. The highest BCUT2D eigenvalue weighted by Crippen LogP contribution is 2.17. The molecular formula is C11H13N5O2. The number of hydrogen-bond donors (Lipinski definition) is 2. The molecule has 0 saturated heterocycles. The van der Waals surface area contributed by atoms with Crippen LogP contribution in [0, 0.1) is 17.0 Å². The van der Waals surface area contributed by atoms with Crippen LogP contribution in [0.1, 0.15) is 11.5 Å². The van der Waals surface area contributed by atoms with Crippen LogP contribution in [0.15, 0.2) is 24.5 Å². The van der Waals surface area contributed by atoms with E-state index in [1.54, 1.807) is 25.4 Å². The molecule has 0 aliphatic carbocycles. The number of nitrogens with zero attached hydrogens (tertiary/aromatic N) is 3. The fourth-order valence-corrected chi connectivity index (χ4v) is 1.59. The first-order valence-corrected chi connectivity index (χ1v) is 5.51. The molecule has 0 fully saturated rings. The monoisotopic (exact) mass is 247 g/mol.